The molecule has 0 saturated heterocycles. The Morgan fingerprint density at radius 3 is 2.68 bits per heavy atom. The molecular weight excluding hydrogens is 284 g/mol. The number of hydrogen-bond acceptors (Lipinski definition) is 4. The Labute approximate surface area is 127 Å². The number of anilines is 1. The number of aromatic amines is 1. The van der Waals surface area contributed by atoms with Gasteiger partial charge < -0.3 is 15.0 Å². The zero-order chi connectivity index (χ0) is 16.1. The van der Waals surface area contributed by atoms with Gasteiger partial charge in [-0.1, -0.05) is 12.1 Å². The second-order valence-electron chi connectivity index (χ2n) is 4.78. The fourth-order valence-electron chi connectivity index (χ4n) is 1.86. The fourth-order valence-corrected chi connectivity index (χ4v) is 1.86. The molecule has 6 heteroatoms. The van der Waals surface area contributed by atoms with E-state index in [0.29, 0.717) is 5.69 Å². The van der Waals surface area contributed by atoms with Crippen LogP contribution in [-0.4, -0.2) is 23.5 Å². The van der Waals surface area contributed by atoms with Crippen molar-refractivity contribution in [1.82, 2.24) is 4.98 Å². The SMILES string of the molecule is Cc1cccc(NC(=O)COC(=O)c2ccc[nH]c2=O)c1C. The van der Waals surface area contributed by atoms with Crippen molar-refractivity contribution in [2.75, 3.05) is 11.9 Å². The number of ether oxygens (including phenoxy) is 1. The largest absolute Gasteiger partial charge is 0.452 e. The van der Waals surface area contributed by atoms with E-state index in [1.165, 1.54) is 18.3 Å². The third-order valence-electron chi connectivity index (χ3n) is 3.25. The van der Waals surface area contributed by atoms with Crippen molar-refractivity contribution in [2.24, 2.45) is 0 Å². The van der Waals surface area contributed by atoms with E-state index >= 15 is 0 Å². The first-order chi connectivity index (χ1) is 10.5. The van der Waals surface area contributed by atoms with E-state index in [1.807, 2.05) is 26.0 Å². The number of benzene rings is 1. The maximum atomic E-state index is 11.8. The second-order valence-corrected chi connectivity index (χ2v) is 4.78. The first-order valence-electron chi connectivity index (χ1n) is 6.70. The van der Waals surface area contributed by atoms with Crippen LogP contribution in [0.2, 0.25) is 0 Å². The number of H-pyrrole nitrogens is 1. The molecule has 0 bridgehead atoms. The van der Waals surface area contributed by atoms with E-state index < -0.39 is 24.0 Å². The maximum absolute atomic E-state index is 11.8. The number of carbonyl (C=O) groups excluding carboxylic acids is 2. The van der Waals surface area contributed by atoms with E-state index in [4.69, 9.17) is 4.74 Å². The summed E-state index contributed by atoms with van der Waals surface area (Å²) in [7, 11) is 0. The van der Waals surface area contributed by atoms with Gasteiger partial charge in [0, 0.05) is 11.9 Å². The Bertz CT molecular complexity index is 765. The van der Waals surface area contributed by atoms with Gasteiger partial charge in [-0.25, -0.2) is 4.79 Å². The fraction of sp³-hybridized carbons (Fsp3) is 0.188. The first kappa shape index (κ1) is 15.5. The Hall–Kier alpha value is -2.89. The first-order valence-corrected chi connectivity index (χ1v) is 6.70. The summed E-state index contributed by atoms with van der Waals surface area (Å²) in [5.41, 5.74) is 1.97. The van der Waals surface area contributed by atoms with Gasteiger partial charge in [-0.05, 0) is 43.2 Å². The summed E-state index contributed by atoms with van der Waals surface area (Å²) in [4.78, 5) is 37.3. The van der Waals surface area contributed by atoms with Crippen LogP contribution in [0.5, 0.6) is 0 Å². The standard InChI is InChI=1S/C16H16N2O4/c1-10-5-3-7-13(11(10)2)18-14(19)9-22-16(21)12-6-4-8-17-15(12)20/h3-8H,9H2,1-2H3,(H,17,20)(H,18,19). The summed E-state index contributed by atoms with van der Waals surface area (Å²) in [5, 5.41) is 2.67. The monoisotopic (exact) mass is 300 g/mol. The molecule has 1 aromatic carbocycles. The van der Waals surface area contributed by atoms with Crippen LogP contribution in [0.4, 0.5) is 5.69 Å². The highest BCUT2D eigenvalue weighted by Gasteiger charge is 2.14. The third kappa shape index (κ3) is 3.60. The molecule has 0 aliphatic carbocycles. The summed E-state index contributed by atoms with van der Waals surface area (Å²) in [6, 6.07) is 8.38. The Kier molecular flexibility index (Phi) is 4.73. The molecule has 0 unspecified atom stereocenters. The van der Waals surface area contributed by atoms with Crippen LogP contribution in [0.25, 0.3) is 0 Å². The number of hydrogen-bond donors (Lipinski definition) is 2. The van der Waals surface area contributed by atoms with Crippen molar-refractivity contribution in [3.63, 3.8) is 0 Å². The van der Waals surface area contributed by atoms with Crippen molar-refractivity contribution in [3.05, 3.63) is 63.6 Å². The number of esters is 1. The number of rotatable bonds is 4. The quantitative estimate of drug-likeness (QED) is 0.843. The van der Waals surface area contributed by atoms with Gasteiger partial charge in [-0.2, -0.15) is 0 Å². The average molecular weight is 300 g/mol. The average Bonchev–Trinajstić information content (AvgIpc) is 2.50. The van der Waals surface area contributed by atoms with Crippen molar-refractivity contribution in [2.45, 2.75) is 13.8 Å². The molecule has 0 atom stereocenters. The predicted molar refractivity (Wildman–Crippen MR) is 81.9 cm³/mol. The molecule has 2 aromatic rings. The van der Waals surface area contributed by atoms with Crippen molar-refractivity contribution in [3.8, 4) is 0 Å². The number of amides is 1. The predicted octanol–water partition coefficient (Wildman–Crippen LogP) is 1.79. The molecule has 6 nitrogen and oxygen atoms in total. The molecule has 1 aromatic heterocycles. The van der Waals surface area contributed by atoms with Crippen molar-refractivity contribution >= 4 is 17.6 Å². The molecule has 1 heterocycles. The molecule has 114 valence electrons. The lowest BCUT2D eigenvalue weighted by Crippen LogP contribution is -2.24. The summed E-state index contributed by atoms with van der Waals surface area (Å²) >= 11 is 0. The summed E-state index contributed by atoms with van der Waals surface area (Å²) in [6.45, 7) is 3.37. The number of carbonyl (C=O) groups is 2. The lowest BCUT2D eigenvalue weighted by molar-refractivity contribution is -0.119. The number of aryl methyl sites for hydroxylation is 1. The van der Waals surface area contributed by atoms with Crippen molar-refractivity contribution < 1.29 is 14.3 Å². The molecule has 0 spiro atoms. The number of pyridine rings is 1. The number of nitrogens with one attached hydrogen (secondary N) is 2. The minimum absolute atomic E-state index is 0.137. The van der Waals surface area contributed by atoms with E-state index in [-0.39, 0.29) is 5.56 Å². The molecule has 2 rings (SSSR count). The van der Waals surface area contributed by atoms with Gasteiger partial charge >= 0.3 is 5.97 Å². The molecule has 1 amide bonds. The van der Waals surface area contributed by atoms with E-state index in [1.54, 1.807) is 6.07 Å². The molecule has 0 aliphatic heterocycles. The topological polar surface area (TPSA) is 88.3 Å². The molecule has 22 heavy (non-hydrogen) atoms. The molecule has 2 N–H and O–H groups in total. The lowest BCUT2D eigenvalue weighted by Gasteiger charge is -2.10. The second kappa shape index (κ2) is 6.71. The minimum atomic E-state index is -0.835. The van der Waals surface area contributed by atoms with E-state index in [9.17, 15) is 14.4 Å². The molecule has 0 fully saturated rings. The van der Waals surface area contributed by atoms with Gasteiger partial charge in [-0.3, -0.25) is 9.59 Å². The van der Waals surface area contributed by atoms with Crippen LogP contribution in [0.1, 0.15) is 21.5 Å². The van der Waals surface area contributed by atoms with Crippen LogP contribution >= 0.6 is 0 Å². The molecule has 0 aliphatic rings. The summed E-state index contributed by atoms with van der Waals surface area (Å²) in [6.07, 6.45) is 1.41. The van der Waals surface area contributed by atoms with E-state index in [0.717, 1.165) is 11.1 Å². The summed E-state index contributed by atoms with van der Waals surface area (Å²) in [5.74, 6) is -1.30. The molecule has 0 saturated carbocycles. The Balaban J connectivity index is 1.96. The zero-order valence-corrected chi connectivity index (χ0v) is 12.3. The Morgan fingerprint density at radius 1 is 1.18 bits per heavy atom. The van der Waals surface area contributed by atoms with Crippen molar-refractivity contribution in [1.29, 1.82) is 0 Å². The van der Waals surface area contributed by atoms with Gasteiger partial charge in [0.2, 0.25) is 0 Å². The smallest absolute Gasteiger partial charge is 0.344 e. The third-order valence-corrected chi connectivity index (χ3v) is 3.25. The highest BCUT2D eigenvalue weighted by atomic mass is 16.5. The highest BCUT2D eigenvalue weighted by molar-refractivity contribution is 5.95. The van der Waals surface area contributed by atoms with Crippen LogP contribution in [-0.2, 0) is 9.53 Å². The molecule has 0 radical (unpaired) electrons. The maximum Gasteiger partial charge on any atom is 0.344 e. The van der Waals surface area contributed by atoms with Gasteiger partial charge in [0.25, 0.3) is 11.5 Å². The van der Waals surface area contributed by atoms with Gasteiger partial charge in [0.05, 0.1) is 0 Å². The minimum Gasteiger partial charge on any atom is -0.452 e. The van der Waals surface area contributed by atoms with Crippen LogP contribution in [0.3, 0.4) is 0 Å². The lowest BCUT2D eigenvalue weighted by atomic mass is 10.1. The Morgan fingerprint density at radius 2 is 1.95 bits per heavy atom. The zero-order valence-electron chi connectivity index (χ0n) is 12.3. The highest BCUT2D eigenvalue weighted by Crippen LogP contribution is 2.17. The summed E-state index contributed by atoms with van der Waals surface area (Å²) < 4.78 is 4.84. The van der Waals surface area contributed by atoms with E-state index in [2.05, 4.69) is 10.3 Å². The van der Waals surface area contributed by atoms with Crippen LogP contribution < -0.4 is 10.9 Å². The molecular formula is C16H16N2O4. The number of aromatic nitrogens is 1. The van der Waals surface area contributed by atoms with Gasteiger partial charge in [0.15, 0.2) is 6.61 Å². The van der Waals surface area contributed by atoms with Gasteiger partial charge in [0.1, 0.15) is 5.56 Å². The van der Waals surface area contributed by atoms with Crippen LogP contribution in [0, 0.1) is 13.8 Å². The van der Waals surface area contributed by atoms with Crippen LogP contribution in [0.15, 0.2) is 41.3 Å². The van der Waals surface area contributed by atoms with Gasteiger partial charge in [-0.15, -0.1) is 0 Å². The normalized spacial score (nSPS) is 10.1.